The van der Waals surface area contributed by atoms with Gasteiger partial charge in [0.05, 0.1) is 5.69 Å². The summed E-state index contributed by atoms with van der Waals surface area (Å²) in [6.07, 6.45) is 0. The van der Waals surface area contributed by atoms with Crippen molar-refractivity contribution in [2.24, 2.45) is 0 Å². The highest BCUT2D eigenvalue weighted by Crippen LogP contribution is 2.22. The lowest BCUT2D eigenvalue weighted by Gasteiger charge is -2.03. The van der Waals surface area contributed by atoms with Gasteiger partial charge in [-0.25, -0.2) is 4.79 Å². The summed E-state index contributed by atoms with van der Waals surface area (Å²) in [5, 5.41) is 13.8. The summed E-state index contributed by atoms with van der Waals surface area (Å²) in [6, 6.07) is 7.26. The Balaban J connectivity index is 2.71. The van der Waals surface area contributed by atoms with Crippen LogP contribution in [0.5, 0.6) is 0 Å². The summed E-state index contributed by atoms with van der Waals surface area (Å²) < 4.78 is 0. The summed E-state index contributed by atoms with van der Waals surface area (Å²) in [5.41, 5.74) is 1.05. The van der Waals surface area contributed by atoms with Crippen molar-refractivity contribution in [2.75, 3.05) is 0 Å². The van der Waals surface area contributed by atoms with E-state index >= 15 is 0 Å². The Morgan fingerprint density at radius 2 is 1.94 bits per heavy atom. The minimum Gasteiger partial charge on any atom is -0.477 e. The molecule has 0 aliphatic carbocycles. The van der Waals surface area contributed by atoms with E-state index in [9.17, 15) is 9.59 Å². The van der Waals surface area contributed by atoms with E-state index in [2.05, 4.69) is 10.2 Å². The number of hydrogen-bond acceptors (Lipinski definition) is 2. The third-order valence-corrected chi connectivity index (χ3v) is 2.41. The lowest BCUT2D eigenvalue weighted by atomic mass is 10.0. The van der Waals surface area contributed by atoms with Crippen LogP contribution in [0.25, 0.3) is 11.3 Å². The molecule has 0 aliphatic heterocycles. The average molecular weight is 218 g/mol. The van der Waals surface area contributed by atoms with Crippen LogP contribution in [0.1, 0.15) is 15.9 Å². The molecule has 0 saturated carbocycles. The molecular weight excluding hydrogens is 208 g/mol. The first-order valence-electron chi connectivity index (χ1n) is 4.71. The Labute approximate surface area is 90.7 Å². The molecule has 1 heterocycles. The van der Waals surface area contributed by atoms with E-state index in [-0.39, 0.29) is 5.56 Å². The number of H-pyrrole nitrogens is 2. The molecule has 1 aromatic heterocycles. The van der Waals surface area contributed by atoms with Gasteiger partial charge in [0.15, 0.2) is 5.56 Å². The molecule has 5 heteroatoms. The molecule has 0 saturated heterocycles. The van der Waals surface area contributed by atoms with E-state index in [1.807, 2.05) is 19.1 Å². The first-order chi connectivity index (χ1) is 7.61. The summed E-state index contributed by atoms with van der Waals surface area (Å²) in [5.74, 6) is -1.24. The lowest BCUT2D eigenvalue weighted by molar-refractivity contribution is 0.0696. The summed E-state index contributed by atoms with van der Waals surface area (Å²) >= 11 is 0. The SMILES string of the molecule is Cc1ccccc1-c1[nH][nH]c(=O)c1C(=O)O. The highest BCUT2D eigenvalue weighted by atomic mass is 16.4. The van der Waals surface area contributed by atoms with Gasteiger partial charge >= 0.3 is 5.97 Å². The zero-order chi connectivity index (χ0) is 11.7. The van der Waals surface area contributed by atoms with Crippen molar-refractivity contribution in [2.45, 2.75) is 6.92 Å². The van der Waals surface area contributed by atoms with Gasteiger partial charge < -0.3 is 5.11 Å². The molecule has 0 spiro atoms. The van der Waals surface area contributed by atoms with Gasteiger partial charge in [-0.1, -0.05) is 24.3 Å². The lowest BCUT2D eigenvalue weighted by Crippen LogP contribution is -2.12. The minimum atomic E-state index is -1.24. The van der Waals surface area contributed by atoms with E-state index in [1.165, 1.54) is 0 Å². The van der Waals surface area contributed by atoms with Crippen LogP contribution in [-0.2, 0) is 0 Å². The van der Waals surface area contributed by atoms with Crippen molar-refractivity contribution in [3.8, 4) is 11.3 Å². The molecule has 0 aliphatic rings. The second kappa shape index (κ2) is 3.69. The fourth-order valence-electron chi connectivity index (χ4n) is 1.62. The van der Waals surface area contributed by atoms with Gasteiger partial charge in [0.2, 0.25) is 0 Å². The first-order valence-corrected chi connectivity index (χ1v) is 4.71. The predicted molar refractivity (Wildman–Crippen MR) is 58.5 cm³/mol. The van der Waals surface area contributed by atoms with Gasteiger partial charge in [-0.3, -0.25) is 15.0 Å². The second-order valence-electron chi connectivity index (χ2n) is 3.45. The number of carboxylic acids is 1. The molecule has 0 unspecified atom stereocenters. The number of aromatic nitrogens is 2. The predicted octanol–water partition coefficient (Wildman–Crippen LogP) is 1.38. The molecule has 0 fully saturated rings. The molecular formula is C11H10N2O3. The number of nitrogens with one attached hydrogen (secondary N) is 2. The quantitative estimate of drug-likeness (QED) is 0.711. The van der Waals surface area contributed by atoms with E-state index in [4.69, 9.17) is 5.11 Å². The zero-order valence-corrected chi connectivity index (χ0v) is 8.57. The van der Waals surface area contributed by atoms with Crippen LogP contribution in [0, 0.1) is 6.92 Å². The molecule has 1 aromatic carbocycles. The average Bonchev–Trinajstić information content (AvgIpc) is 2.61. The van der Waals surface area contributed by atoms with Crippen molar-refractivity contribution >= 4 is 5.97 Å². The van der Waals surface area contributed by atoms with E-state index in [1.54, 1.807) is 12.1 Å². The van der Waals surface area contributed by atoms with E-state index in [0.717, 1.165) is 5.56 Å². The maximum Gasteiger partial charge on any atom is 0.343 e. The molecule has 82 valence electrons. The largest absolute Gasteiger partial charge is 0.477 e. The zero-order valence-electron chi connectivity index (χ0n) is 8.57. The molecule has 0 radical (unpaired) electrons. The van der Waals surface area contributed by atoms with Crippen molar-refractivity contribution in [1.82, 2.24) is 10.2 Å². The van der Waals surface area contributed by atoms with Crippen LogP contribution < -0.4 is 5.56 Å². The van der Waals surface area contributed by atoms with Gasteiger partial charge in [0.1, 0.15) is 0 Å². The van der Waals surface area contributed by atoms with Gasteiger partial charge in [0.25, 0.3) is 5.56 Å². The van der Waals surface area contributed by atoms with Gasteiger partial charge in [-0.15, -0.1) is 0 Å². The molecule has 2 rings (SSSR count). The van der Waals surface area contributed by atoms with Gasteiger partial charge in [-0.05, 0) is 12.5 Å². The third kappa shape index (κ3) is 1.52. The highest BCUT2D eigenvalue weighted by molar-refractivity contribution is 5.94. The van der Waals surface area contributed by atoms with E-state index < -0.39 is 11.5 Å². The number of benzene rings is 1. The number of aryl methyl sites for hydroxylation is 1. The van der Waals surface area contributed by atoms with Crippen LogP contribution in [0.15, 0.2) is 29.1 Å². The Kier molecular flexibility index (Phi) is 2.36. The van der Waals surface area contributed by atoms with Crippen molar-refractivity contribution in [1.29, 1.82) is 0 Å². The second-order valence-corrected chi connectivity index (χ2v) is 3.45. The van der Waals surface area contributed by atoms with Crippen molar-refractivity contribution in [3.05, 3.63) is 45.7 Å². The molecule has 5 nitrogen and oxygen atoms in total. The number of carbonyl (C=O) groups is 1. The van der Waals surface area contributed by atoms with Crippen molar-refractivity contribution in [3.63, 3.8) is 0 Å². The van der Waals surface area contributed by atoms with Gasteiger partial charge in [-0.2, -0.15) is 0 Å². The Morgan fingerprint density at radius 3 is 2.56 bits per heavy atom. The fourth-order valence-corrected chi connectivity index (χ4v) is 1.62. The minimum absolute atomic E-state index is 0.255. The number of aromatic amines is 2. The molecule has 0 bridgehead atoms. The maximum atomic E-state index is 11.3. The van der Waals surface area contributed by atoms with Crippen LogP contribution in [0.3, 0.4) is 0 Å². The summed E-state index contributed by atoms with van der Waals surface area (Å²) in [4.78, 5) is 22.2. The normalized spacial score (nSPS) is 10.3. The van der Waals surface area contributed by atoms with Gasteiger partial charge in [0, 0.05) is 5.56 Å². The number of aromatic carboxylic acids is 1. The van der Waals surface area contributed by atoms with Crippen LogP contribution in [0.2, 0.25) is 0 Å². The van der Waals surface area contributed by atoms with Crippen LogP contribution in [-0.4, -0.2) is 21.3 Å². The Hall–Kier alpha value is -2.30. The van der Waals surface area contributed by atoms with Crippen molar-refractivity contribution < 1.29 is 9.90 Å². The monoisotopic (exact) mass is 218 g/mol. The molecule has 16 heavy (non-hydrogen) atoms. The summed E-state index contributed by atoms with van der Waals surface area (Å²) in [7, 11) is 0. The number of rotatable bonds is 2. The molecule has 0 amide bonds. The fraction of sp³-hybridized carbons (Fsp3) is 0.0909. The summed E-state index contributed by atoms with van der Waals surface area (Å²) in [6.45, 7) is 1.85. The number of carboxylic acid groups (broad SMARTS) is 1. The van der Waals surface area contributed by atoms with Crippen LogP contribution >= 0.6 is 0 Å². The Morgan fingerprint density at radius 1 is 1.25 bits per heavy atom. The van der Waals surface area contributed by atoms with E-state index in [0.29, 0.717) is 11.3 Å². The smallest absolute Gasteiger partial charge is 0.343 e. The Bertz CT molecular complexity index is 595. The molecule has 3 N–H and O–H groups in total. The third-order valence-electron chi connectivity index (χ3n) is 2.41. The first kappa shape index (κ1) is 10.2. The molecule has 2 aromatic rings. The number of hydrogen-bond donors (Lipinski definition) is 3. The van der Waals surface area contributed by atoms with Crippen LogP contribution in [0.4, 0.5) is 0 Å². The highest BCUT2D eigenvalue weighted by Gasteiger charge is 2.19. The standard InChI is InChI=1S/C11H10N2O3/c1-6-4-2-3-5-7(6)9-8(11(15)16)10(14)13-12-9/h2-5H,1H3,(H,15,16)(H2,12,13,14). The molecule has 0 atom stereocenters. The topological polar surface area (TPSA) is 86.0 Å². The maximum absolute atomic E-state index is 11.3.